The lowest BCUT2D eigenvalue weighted by Crippen LogP contribution is -2.43. The van der Waals surface area contributed by atoms with Crippen molar-refractivity contribution in [1.29, 1.82) is 0 Å². The van der Waals surface area contributed by atoms with E-state index in [1.807, 2.05) is 12.1 Å². The normalized spacial score (nSPS) is 21.4. The molecule has 0 aliphatic carbocycles. The van der Waals surface area contributed by atoms with Crippen LogP contribution in [0.3, 0.4) is 0 Å². The predicted octanol–water partition coefficient (Wildman–Crippen LogP) is 0.987. The SMILES string of the molecule is O=C1OC(C(=O)NC2=NCCS2)Cc2ccccc21. The highest BCUT2D eigenvalue weighted by Crippen LogP contribution is 2.21. The maximum atomic E-state index is 12.0. The third-order valence-electron chi connectivity index (χ3n) is 3.00. The van der Waals surface area contributed by atoms with Crippen molar-refractivity contribution in [3.63, 3.8) is 0 Å². The van der Waals surface area contributed by atoms with Crippen LogP contribution in [0.1, 0.15) is 15.9 Å². The second-order valence-corrected chi connectivity index (χ2v) is 5.36. The summed E-state index contributed by atoms with van der Waals surface area (Å²) in [4.78, 5) is 28.0. The summed E-state index contributed by atoms with van der Waals surface area (Å²) in [7, 11) is 0. The van der Waals surface area contributed by atoms with Crippen LogP contribution in [0, 0.1) is 0 Å². The molecule has 0 fully saturated rings. The van der Waals surface area contributed by atoms with Gasteiger partial charge in [0.15, 0.2) is 11.3 Å². The average Bonchev–Trinajstić information content (AvgIpc) is 2.91. The van der Waals surface area contributed by atoms with Crippen molar-refractivity contribution in [2.75, 3.05) is 12.3 Å². The Kier molecular flexibility index (Phi) is 3.25. The lowest BCUT2D eigenvalue weighted by atomic mass is 9.98. The lowest BCUT2D eigenvalue weighted by Gasteiger charge is -2.23. The van der Waals surface area contributed by atoms with Gasteiger partial charge in [0.25, 0.3) is 5.91 Å². The monoisotopic (exact) mass is 276 g/mol. The third kappa shape index (κ3) is 2.49. The number of cyclic esters (lactones) is 1. The molecule has 5 nitrogen and oxygen atoms in total. The number of nitrogens with zero attached hydrogens (tertiary/aromatic N) is 1. The molecule has 2 heterocycles. The lowest BCUT2D eigenvalue weighted by molar-refractivity contribution is -0.128. The van der Waals surface area contributed by atoms with Crippen LogP contribution in [0.5, 0.6) is 0 Å². The zero-order chi connectivity index (χ0) is 13.2. The van der Waals surface area contributed by atoms with Crippen LogP contribution in [0.15, 0.2) is 29.3 Å². The van der Waals surface area contributed by atoms with Gasteiger partial charge in [-0.25, -0.2) is 4.79 Å². The fourth-order valence-electron chi connectivity index (χ4n) is 2.07. The van der Waals surface area contributed by atoms with Gasteiger partial charge in [-0.05, 0) is 11.6 Å². The van der Waals surface area contributed by atoms with Crippen LogP contribution in [0.4, 0.5) is 0 Å². The molecule has 1 aromatic rings. The first-order valence-corrected chi connectivity index (χ1v) is 6.99. The van der Waals surface area contributed by atoms with Gasteiger partial charge >= 0.3 is 5.97 Å². The maximum absolute atomic E-state index is 12.0. The van der Waals surface area contributed by atoms with E-state index in [1.165, 1.54) is 11.8 Å². The highest BCUT2D eigenvalue weighted by molar-refractivity contribution is 8.14. The number of hydrogen-bond acceptors (Lipinski definition) is 5. The fraction of sp³-hybridized carbons (Fsp3) is 0.308. The number of aliphatic imine (C=N–C) groups is 1. The van der Waals surface area contributed by atoms with Crippen LogP contribution < -0.4 is 5.32 Å². The number of hydrogen-bond donors (Lipinski definition) is 1. The Bertz CT molecular complexity index is 571. The number of amidine groups is 1. The van der Waals surface area contributed by atoms with Gasteiger partial charge in [-0.3, -0.25) is 9.79 Å². The number of benzene rings is 1. The Hall–Kier alpha value is -1.82. The van der Waals surface area contributed by atoms with E-state index in [0.29, 0.717) is 23.7 Å². The first kappa shape index (κ1) is 12.2. The zero-order valence-electron chi connectivity index (χ0n) is 10.1. The number of esters is 1. The minimum Gasteiger partial charge on any atom is -0.448 e. The molecule has 0 saturated carbocycles. The summed E-state index contributed by atoms with van der Waals surface area (Å²) in [5.41, 5.74) is 1.39. The van der Waals surface area contributed by atoms with Gasteiger partial charge in [0, 0.05) is 12.2 Å². The van der Waals surface area contributed by atoms with Gasteiger partial charge in [0.05, 0.1) is 12.1 Å². The second kappa shape index (κ2) is 5.05. The van der Waals surface area contributed by atoms with Crippen molar-refractivity contribution >= 4 is 28.8 Å². The predicted molar refractivity (Wildman–Crippen MR) is 72.3 cm³/mol. The van der Waals surface area contributed by atoms with Gasteiger partial charge in [-0.1, -0.05) is 30.0 Å². The van der Waals surface area contributed by atoms with Gasteiger partial charge in [-0.15, -0.1) is 0 Å². The van der Waals surface area contributed by atoms with Gasteiger partial charge in [0.1, 0.15) is 0 Å². The van der Waals surface area contributed by atoms with E-state index in [2.05, 4.69) is 10.3 Å². The molecule has 2 aliphatic rings. The summed E-state index contributed by atoms with van der Waals surface area (Å²) in [5, 5.41) is 3.31. The summed E-state index contributed by atoms with van der Waals surface area (Å²) in [5.74, 6) is 0.127. The van der Waals surface area contributed by atoms with Crippen molar-refractivity contribution in [3.8, 4) is 0 Å². The molecule has 0 spiro atoms. The number of ether oxygens (including phenoxy) is 1. The highest BCUT2D eigenvalue weighted by Gasteiger charge is 2.31. The Labute approximate surface area is 114 Å². The van der Waals surface area contributed by atoms with E-state index in [9.17, 15) is 9.59 Å². The molecule has 0 bridgehead atoms. The van der Waals surface area contributed by atoms with Crippen LogP contribution in [0.25, 0.3) is 0 Å². The van der Waals surface area contributed by atoms with Crippen molar-refractivity contribution in [2.24, 2.45) is 4.99 Å². The number of nitrogens with one attached hydrogen (secondary N) is 1. The third-order valence-corrected chi connectivity index (χ3v) is 3.89. The van der Waals surface area contributed by atoms with Crippen LogP contribution >= 0.6 is 11.8 Å². The first-order valence-electron chi connectivity index (χ1n) is 6.01. The summed E-state index contributed by atoms with van der Waals surface area (Å²) in [6.07, 6.45) is -0.364. The molecule has 3 rings (SSSR count). The summed E-state index contributed by atoms with van der Waals surface area (Å²) in [6.45, 7) is 0.716. The Morgan fingerprint density at radius 2 is 2.26 bits per heavy atom. The molecule has 0 aromatic heterocycles. The molecule has 1 atom stereocenters. The smallest absolute Gasteiger partial charge is 0.339 e. The van der Waals surface area contributed by atoms with Gasteiger partial charge in [0.2, 0.25) is 0 Å². The van der Waals surface area contributed by atoms with Crippen LogP contribution in [-0.4, -0.2) is 35.4 Å². The minimum absolute atomic E-state index is 0.309. The molecule has 2 aliphatic heterocycles. The number of amides is 1. The molecule has 98 valence electrons. The van der Waals surface area contributed by atoms with E-state index in [-0.39, 0.29) is 5.91 Å². The quantitative estimate of drug-likeness (QED) is 0.777. The average molecular weight is 276 g/mol. The molecule has 6 heteroatoms. The Balaban J connectivity index is 1.74. The van der Waals surface area contributed by atoms with Crippen molar-refractivity contribution in [2.45, 2.75) is 12.5 Å². The summed E-state index contributed by atoms with van der Waals surface area (Å²) in [6, 6.07) is 7.19. The van der Waals surface area contributed by atoms with E-state index in [4.69, 9.17) is 4.74 Å². The number of carbonyl (C=O) groups excluding carboxylic acids is 2. The van der Waals surface area contributed by atoms with Crippen molar-refractivity contribution in [3.05, 3.63) is 35.4 Å². The summed E-state index contributed by atoms with van der Waals surface area (Å²) < 4.78 is 5.17. The molecular weight excluding hydrogens is 264 g/mol. The van der Waals surface area contributed by atoms with Crippen molar-refractivity contribution in [1.82, 2.24) is 5.32 Å². The topological polar surface area (TPSA) is 67.8 Å². The number of fused-ring (bicyclic) bond motifs is 1. The maximum Gasteiger partial charge on any atom is 0.339 e. The number of rotatable bonds is 1. The zero-order valence-corrected chi connectivity index (χ0v) is 10.9. The van der Waals surface area contributed by atoms with E-state index < -0.39 is 12.1 Å². The standard InChI is InChI=1S/C13H12N2O3S/c16-11(15-13-14-5-6-19-13)10-7-8-3-1-2-4-9(8)12(17)18-10/h1-4,10H,5-7H2,(H,14,15,16). The molecule has 1 aromatic carbocycles. The molecule has 1 unspecified atom stereocenters. The Morgan fingerprint density at radius 3 is 3.05 bits per heavy atom. The molecule has 1 N–H and O–H groups in total. The number of thioether (sulfide) groups is 1. The van der Waals surface area contributed by atoms with Crippen molar-refractivity contribution < 1.29 is 14.3 Å². The molecule has 0 radical (unpaired) electrons. The molecular formula is C13H12N2O3S. The first-order chi connectivity index (χ1) is 9.24. The minimum atomic E-state index is -0.772. The summed E-state index contributed by atoms with van der Waals surface area (Å²) >= 11 is 1.50. The molecule has 0 saturated heterocycles. The molecule has 1 amide bonds. The van der Waals surface area contributed by atoms with Crippen LogP contribution in [0.2, 0.25) is 0 Å². The Morgan fingerprint density at radius 1 is 1.42 bits per heavy atom. The fourth-order valence-corrected chi connectivity index (χ4v) is 2.81. The highest BCUT2D eigenvalue weighted by atomic mass is 32.2. The van der Waals surface area contributed by atoms with Gasteiger partial charge in [-0.2, -0.15) is 0 Å². The van der Waals surface area contributed by atoms with Gasteiger partial charge < -0.3 is 10.1 Å². The van der Waals surface area contributed by atoms with E-state index in [1.54, 1.807) is 12.1 Å². The molecule has 19 heavy (non-hydrogen) atoms. The van der Waals surface area contributed by atoms with Crippen LogP contribution in [-0.2, 0) is 16.0 Å². The largest absolute Gasteiger partial charge is 0.448 e. The number of carbonyl (C=O) groups is 2. The van der Waals surface area contributed by atoms with E-state index in [0.717, 1.165) is 11.3 Å². The second-order valence-electron chi connectivity index (χ2n) is 4.28. The van der Waals surface area contributed by atoms with E-state index >= 15 is 0 Å².